The van der Waals surface area contributed by atoms with Gasteiger partial charge in [-0.1, -0.05) is 19.8 Å². The Morgan fingerprint density at radius 1 is 1.35 bits per heavy atom. The molecule has 96 valence electrons. The standard InChI is InChI=1S/C15H24O2/c1-2-4-12-6-8-13(9-7-12)15(16)14-5-3-10-17-11-14/h11-13H,2-10H2,1H3. The highest BCUT2D eigenvalue weighted by molar-refractivity contribution is 5.97. The van der Waals surface area contributed by atoms with Gasteiger partial charge in [0.15, 0.2) is 5.78 Å². The third-order valence-electron chi connectivity index (χ3n) is 4.16. The molecule has 0 atom stereocenters. The van der Waals surface area contributed by atoms with Crippen LogP contribution in [0.2, 0.25) is 0 Å². The molecule has 2 aliphatic rings. The third kappa shape index (κ3) is 3.34. The lowest BCUT2D eigenvalue weighted by molar-refractivity contribution is -0.120. The van der Waals surface area contributed by atoms with Crippen molar-refractivity contribution in [2.45, 2.75) is 58.3 Å². The Kier molecular flexibility index (Phi) is 4.64. The molecule has 0 aromatic carbocycles. The fraction of sp³-hybridized carbons (Fsp3) is 0.800. The van der Waals surface area contributed by atoms with Gasteiger partial charge in [-0.2, -0.15) is 0 Å². The summed E-state index contributed by atoms with van der Waals surface area (Å²) in [6.45, 7) is 3.03. The van der Waals surface area contributed by atoms with Gasteiger partial charge in [-0.15, -0.1) is 0 Å². The van der Waals surface area contributed by atoms with Gasteiger partial charge in [0, 0.05) is 11.5 Å². The number of hydrogen-bond acceptors (Lipinski definition) is 2. The third-order valence-corrected chi connectivity index (χ3v) is 4.16. The lowest BCUT2D eigenvalue weighted by Crippen LogP contribution is -2.24. The zero-order valence-electron chi connectivity index (χ0n) is 10.9. The van der Waals surface area contributed by atoms with Crippen LogP contribution in [0.1, 0.15) is 58.3 Å². The van der Waals surface area contributed by atoms with Crippen LogP contribution in [0.5, 0.6) is 0 Å². The van der Waals surface area contributed by atoms with E-state index < -0.39 is 0 Å². The van der Waals surface area contributed by atoms with Crippen molar-refractivity contribution in [3.63, 3.8) is 0 Å². The van der Waals surface area contributed by atoms with Crippen LogP contribution in [0.3, 0.4) is 0 Å². The van der Waals surface area contributed by atoms with E-state index in [0.29, 0.717) is 5.78 Å². The van der Waals surface area contributed by atoms with E-state index in [0.717, 1.165) is 43.8 Å². The number of carbonyl (C=O) groups is 1. The molecule has 1 fully saturated rings. The molecule has 1 aliphatic carbocycles. The Labute approximate surface area is 104 Å². The SMILES string of the molecule is CCCC1CCC(C(=O)C2=COCCC2)CC1. The molecule has 2 rings (SSSR count). The minimum Gasteiger partial charge on any atom is -0.501 e. The average molecular weight is 236 g/mol. The molecule has 1 heterocycles. The summed E-state index contributed by atoms with van der Waals surface area (Å²) in [4.78, 5) is 12.3. The second-order valence-electron chi connectivity index (χ2n) is 5.49. The molecule has 0 aromatic heterocycles. The van der Waals surface area contributed by atoms with E-state index in [1.165, 1.54) is 25.7 Å². The van der Waals surface area contributed by atoms with Crippen molar-refractivity contribution >= 4 is 5.78 Å². The number of ketones is 1. The summed E-state index contributed by atoms with van der Waals surface area (Å²) >= 11 is 0. The first-order valence-electron chi connectivity index (χ1n) is 7.16. The Hall–Kier alpha value is -0.790. The van der Waals surface area contributed by atoms with Gasteiger partial charge in [-0.05, 0) is 44.4 Å². The lowest BCUT2D eigenvalue weighted by atomic mass is 9.77. The molecule has 0 N–H and O–H groups in total. The summed E-state index contributed by atoms with van der Waals surface area (Å²) in [6.07, 6.45) is 11.0. The quantitative estimate of drug-likeness (QED) is 0.741. The van der Waals surface area contributed by atoms with E-state index in [1.807, 2.05) is 0 Å². The lowest BCUT2D eigenvalue weighted by Gasteiger charge is -2.28. The van der Waals surface area contributed by atoms with Crippen molar-refractivity contribution in [1.29, 1.82) is 0 Å². The van der Waals surface area contributed by atoms with Crippen LogP contribution in [-0.4, -0.2) is 12.4 Å². The molecule has 1 aliphatic heterocycles. The molecule has 1 saturated carbocycles. The van der Waals surface area contributed by atoms with Crippen molar-refractivity contribution in [3.8, 4) is 0 Å². The van der Waals surface area contributed by atoms with Crippen molar-refractivity contribution in [2.24, 2.45) is 11.8 Å². The molecule has 0 amide bonds. The van der Waals surface area contributed by atoms with Crippen LogP contribution in [0.25, 0.3) is 0 Å². The minimum atomic E-state index is 0.288. The zero-order chi connectivity index (χ0) is 12.1. The predicted molar refractivity (Wildman–Crippen MR) is 68.6 cm³/mol. The first kappa shape index (κ1) is 12.7. The molecule has 0 aromatic rings. The van der Waals surface area contributed by atoms with Crippen molar-refractivity contribution in [2.75, 3.05) is 6.61 Å². The van der Waals surface area contributed by atoms with Gasteiger partial charge in [0.2, 0.25) is 0 Å². The summed E-state index contributed by atoms with van der Waals surface area (Å²) in [5.41, 5.74) is 0.940. The number of allylic oxidation sites excluding steroid dienone is 1. The second kappa shape index (κ2) is 6.23. The maximum atomic E-state index is 12.3. The summed E-state index contributed by atoms with van der Waals surface area (Å²) < 4.78 is 5.27. The van der Waals surface area contributed by atoms with Gasteiger partial charge in [-0.25, -0.2) is 0 Å². The number of rotatable bonds is 4. The first-order valence-corrected chi connectivity index (χ1v) is 7.16. The largest absolute Gasteiger partial charge is 0.501 e. The molecule has 0 bridgehead atoms. The fourth-order valence-electron chi connectivity index (χ4n) is 3.13. The first-order chi connectivity index (χ1) is 8.31. The predicted octanol–water partition coefficient (Wildman–Crippen LogP) is 3.86. The Bertz CT molecular complexity index is 285. The normalized spacial score (nSPS) is 29.4. The summed E-state index contributed by atoms with van der Waals surface area (Å²) in [6, 6.07) is 0. The summed E-state index contributed by atoms with van der Waals surface area (Å²) in [7, 11) is 0. The van der Waals surface area contributed by atoms with E-state index in [1.54, 1.807) is 6.26 Å². The van der Waals surface area contributed by atoms with Gasteiger partial charge >= 0.3 is 0 Å². The highest BCUT2D eigenvalue weighted by atomic mass is 16.5. The van der Waals surface area contributed by atoms with E-state index in [4.69, 9.17) is 4.74 Å². The van der Waals surface area contributed by atoms with E-state index in [-0.39, 0.29) is 5.92 Å². The van der Waals surface area contributed by atoms with Crippen molar-refractivity contribution in [3.05, 3.63) is 11.8 Å². The molecule has 2 nitrogen and oxygen atoms in total. The number of carbonyl (C=O) groups excluding carboxylic acids is 1. The minimum absolute atomic E-state index is 0.288. The highest BCUT2D eigenvalue weighted by Crippen LogP contribution is 2.34. The number of hydrogen-bond donors (Lipinski definition) is 0. The molecule has 0 radical (unpaired) electrons. The van der Waals surface area contributed by atoms with Gasteiger partial charge in [0.05, 0.1) is 12.9 Å². The van der Waals surface area contributed by atoms with Gasteiger partial charge < -0.3 is 4.74 Å². The molecule has 17 heavy (non-hydrogen) atoms. The molecule has 0 spiro atoms. The number of ether oxygens (including phenoxy) is 1. The Morgan fingerprint density at radius 2 is 2.12 bits per heavy atom. The van der Waals surface area contributed by atoms with Gasteiger partial charge in [0.25, 0.3) is 0 Å². The average Bonchev–Trinajstić information content (AvgIpc) is 2.40. The Morgan fingerprint density at radius 3 is 2.71 bits per heavy atom. The molecule has 0 saturated heterocycles. The number of Topliss-reactive ketones (excluding diaryl/α,β-unsaturated/α-hetero) is 1. The van der Waals surface area contributed by atoms with Crippen molar-refractivity contribution < 1.29 is 9.53 Å². The molecule has 0 unspecified atom stereocenters. The maximum absolute atomic E-state index is 12.3. The van der Waals surface area contributed by atoms with Crippen LogP contribution in [0.4, 0.5) is 0 Å². The maximum Gasteiger partial charge on any atom is 0.164 e. The zero-order valence-corrected chi connectivity index (χ0v) is 10.9. The van der Waals surface area contributed by atoms with Gasteiger partial charge in [-0.3, -0.25) is 4.79 Å². The van der Waals surface area contributed by atoms with Crippen LogP contribution in [0.15, 0.2) is 11.8 Å². The Balaban J connectivity index is 1.83. The summed E-state index contributed by atoms with van der Waals surface area (Å²) in [5.74, 6) is 1.54. The molecular formula is C15H24O2. The second-order valence-corrected chi connectivity index (χ2v) is 5.49. The molecular weight excluding hydrogens is 212 g/mol. The van der Waals surface area contributed by atoms with E-state index >= 15 is 0 Å². The van der Waals surface area contributed by atoms with Gasteiger partial charge in [0.1, 0.15) is 0 Å². The molecule has 2 heteroatoms. The monoisotopic (exact) mass is 236 g/mol. The van der Waals surface area contributed by atoms with Crippen LogP contribution in [0, 0.1) is 11.8 Å². The smallest absolute Gasteiger partial charge is 0.164 e. The van der Waals surface area contributed by atoms with Crippen LogP contribution >= 0.6 is 0 Å². The van der Waals surface area contributed by atoms with Crippen LogP contribution in [-0.2, 0) is 9.53 Å². The van der Waals surface area contributed by atoms with E-state index in [2.05, 4.69) is 6.92 Å². The van der Waals surface area contributed by atoms with Crippen molar-refractivity contribution in [1.82, 2.24) is 0 Å². The highest BCUT2D eigenvalue weighted by Gasteiger charge is 2.28. The fourth-order valence-corrected chi connectivity index (χ4v) is 3.13. The topological polar surface area (TPSA) is 26.3 Å². The summed E-state index contributed by atoms with van der Waals surface area (Å²) in [5, 5.41) is 0. The van der Waals surface area contributed by atoms with Crippen LogP contribution < -0.4 is 0 Å². The van der Waals surface area contributed by atoms with E-state index in [9.17, 15) is 4.79 Å².